The molecule has 2 heterocycles. The van der Waals surface area contributed by atoms with Crippen molar-refractivity contribution in [2.75, 3.05) is 37.6 Å². The van der Waals surface area contributed by atoms with Gasteiger partial charge in [-0.25, -0.2) is 0 Å². The summed E-state index contributed by atoms with van der Waals surface area (Å²) in [7, 11) is 1.92. The molecule has 0 bridgehead atoms. The van der Waals surface area contributed by atoms with Crippen molar-refractivity contribution in [1.82, 2.24) is 20.0 Å². The van der Waals surface area contributed by atoms with Crippen LogP contribution in [0.4, 0.5) is 5.69 Å². The number of carbonyl (C=O) groups is 1. The van der Waals surface area contributed by atoms with E-state index in [9.17, 15) is 4.79 Å². The first-order chi connectivity index (χ1) is 13.0. The maximum absolute atomic E-state index is 12.4. The SMILES string of the molecule is Cc1nn(C)c(C)c1CC(=O)NCC(C)N1CCN(c2ccccc2)CC1. The molecule has 2 aromatic rings. The molecule has 0 saturated carbocycles. The molecule has 1 N–H and O–H groups in total. The highest BCUT2D eigenvalue weighted by molar-refractivity contribution is 5.79. The second-order valence-electron chi connectivity index (χ2n) is 7.46. The topological polar surface area (TPSA) is 53.4 Å². The van der Waals surface area contributed by atoms with E-state index < -0.39 is 0 Å². The Bertz CT molecular complexity index is 762. The first-order valence-electron chi connectivity index (χ1n) is 9.75. The van der Waals surface area contributed by atoms with E-state index in [4.69, 9.17) is 0 Å². The summed E-state index contributed by atoms with van der Waals surface area (Å²) in [6.45, 7) is 10.9. The fourth-order valence-corrected chi connectivity index (χ4v) is 3.75. The molecule has 3 rings (SSSR count). The number of aryl methyl sites for hydroxylation is 2. The summed E-state index contributed by atoms with van der Waals surface area (Å²) >= 11 is 0. The molecular formula is C21H31N5O. The summed E-state index contributed by atoms with van der Waals surface area (Å²) < 4.78 is 1.84. The predicted molar refractivity (Wildman–Crippen MR) is 109 cm³/mol. The van der Waals surface area contributed by atoms with Gasteiger partial charge in [0.05, 0.1) is 12.1 Å². The fraction of sp³-hybridized carbons (Fsp3) is 0.524. The van der Waals surface area contributed by atoms with Crippen molar-refractivity contribution in [3.63, 3.8) is 0 Å². The molecular weight excluding hydrogens is 338 g/mol. The summed E-state index contributed by atoms with van der Waals surface area (Å²) in [5, 5.41) is 7.49. The Morgan fingerprint density at radius 1 is 1.15 bits per heavy atom. The molecule has 1 amide bonds. The van der Waals surface area contributed by atoms with Gasteiger partial charge in [0.25, 0.3) is 0 Å². The molecule has 1 fully saturated rings. The minimum absolute atomic E-state index is 0.0731. The molecule has 1 saturated heterocycles. The first-order valence-corrected chi connectivity index (χ1v) is 9.75. The van der Waals surface area contributed by atoms with E-state index in [2.05, 4.69) is 57.5 Å². The van der Waals surface area contributed by atoms with Crippen LogP contribution in [0.15, 0.2) is 30.3 Å². The van der Waals surface area contributed by atoms with Crippen molar-refractivity contribution in [3.8, 4) is 0 Å². The van der Waals surface area contributed by atoms with Gasteiger partial charge in [0.15, 0.2) is 0 Å². The zero-order chi connectivity index (χ0) is 19.4. The zero-order valence-corrected chi connectivity index (χ0v) is 16.9. The number of para-hydroxylation sites is 1. The van der Waals surface area contributed by atoms with Crippen molar-refractivity contribution < 1.29 is 4.79 Å². The number of carbonyl (C=O) groups excluding carboxylic acids is 1. The Kier molecular flexibility index (Phi) is 6.16. The number of nitrogens with one attached hydrogen (secondary N) is 1. The fourth-order valence-electron chi connectivity index (χ4n) is 3.75. The van der Waals surface area contributed by atoms with Crippen LogP contribution in [0.1, 0.15) is 23.9 Å². The Hall–Kier alpha value is -2.34. The van der Waals surface area contributed by atoms with Gasteiger partial charge in [-0.1, -0.05) is 18.2 Å². The lowest BCUT2D eigenvalue weighted by atomic mass is 10.1. The van der Waals surface area contributed by atoms with E-state index in [-0.39, 0.29) is 5.91 Å². The van der Waals surface area contributed by atoms with Crippen LogP contribution in [0, 0.1) is 13.8 Å². The number of benzene rings is 1. The molecule has 1 aliphatic heterocycles. The second kappa shape index (κ2) is 8.57. The number of piperazine rings is 1. The summed E-state index contributed by atoms with van der Waals surface area (Å²) in [6, 6.07) is 10.9. The third-order valence-corrected chi connectivity index (χ3v) is 5.65. The van der Waals surface area contributed by atoms with E-state index >= 15 is 0 Å². The van der Waals surface area contributed by atoms with E-state index in [0.717, 1.165) is 43.1 Å². The Balaban J connectivity index is 1.44. The number of amides is 1. The molecule has 146 valence electrons. The first kappa shape index (κ1) is 19.4. The summed E-state index contributed by atoms with van der Waals surface area (Å²) in [5.74, 6) is 0.0731. The van der Waals surface area contributed by atoms with E-state index in [1.807, 2.05) is 25.6 Å². The number of rotatable bonds is 6. The van der Waals surface area contributed by atoms with Crippen molar-refractivity contribution in [2.45, 2.75) is 33.2 Å². The Morgan fingerprint density at radius 3 is 2.41 bits per heavy atom. The maximum Gasteiger partial charge on any atom is 0.224 e. The molecule has 6 heteroatoms. The number of hydrogen-bond acceptors (Lipinski definition) is 4. The van der Waals surface area contributed by atoms with Crippen LogP contribution >= 0.6 is 0 Å². The Morgan fingerprint density at radius 2 is 1.81 bits per heavy atom. The molecule has 0 radical (unpaired) electrons. The number of nitrogens with zero attached hydrogens (tertiary/aromatic N) is 4. The minimum Gasteiger partial charge on any atom is -0.369 e. The van der Waals surface area contributed by atoms with Crippen LogP contribution in [0.3, 0.4) is 0 Å². The lowest BCUT2D eigenvalue weighted by Gasteiger charge is -2.39. The highest BCUT2D eigenvalue weighted by Gasteiger charge is 2.22. The molecule has 0 spiro atoms. The van der Waals surface area contributed by atoms with Crippen molar-refractivity contribution in [2.24, 2.45) is 7.05 Å². The molecule has 1 aromatic heterocycles. The molecule has 1 aliphatic rings. The largest absolute Gasteiger partial charge is 0.369 e. The average Bonchev–Trinajstić information content (AvgIpc) is 2.93. The van der Waals surface area contributed by atoms with Crippen LogP contribution in [0.2, 0.25) is 0 Å². The van der Waals surface area contributed by atoms with Gasteiger partial charge in [0.2, 0.25) is 5.91 Å². The molecule has 1 unspecified atom stereocenters. The molecule has 1 atom stereocenters. The van der Waals surface area contributed by atoms with Gasteiger partial charge in [0, 0.05) is 62.8 Å². The highest BCUT2D eigenvalue weighted by Crippen LogP contribution is 2.16. The van der Waals surface area contributed by atoms with Gasteiger partial charge in [0.1, 0.15) is 0 Å². The van der Waals surface area contributed by atoms with Crippen molar-refractivity contribution >= 4 is 11.6 Å². The number of hydrogen-bond donors (Lipinski definition) is 1. The van der Waals surface area contributed by atoms with Crippen molar-refractivity contribution in [1.29, 1.82) is 0 Å². The average molecular weight is 370 g/mol. The van der Waals surface area contributed by atoms with Gasteiger partial charge >= 0.3 is 0 Å². The number of aromatic nitrogens is 2. The van der Waals surface area contributed by atoms with Crippen LogP contribution in [0.25, 0.3) is 0 Å². The highest BCUT2D eigenvalue weighted by atomic mass is 16.1. The Labute approximate surface area is 162 Å². The van der Waals surface area contributed by atoms with Gasteiger partial charge in [-0.2, -0.15) is 5.10 Å². The molecule has 0 aliphatic carbocycles. The predicted octanol–water partition coefficient (Wildman–Crippen LogP) is 1.91. The lowest BCUT2D eigenvalue weighted by Crippen LogP contribution is -2.52. The van der Waals surface area contributed by atoms with E-state index in [0.29, 0.717) is 19.0 Å². The summed E-state index contributed by atoms with van der Waals surface area (Å²) in [5.41, 5.74) is 4.34. The summed E-state index contributed by atoms with van der Waals surface area (Å²) in [4.78, 5) is 17.3. The van der Waals surface area contributed by atoms with Crippen LogP contribution < -0.4 is 10.2 Å². The van der Waals surface area contributed by atoms with E-state index in [1.165, 1.54) is 5.69 Å². The summed E-state index contributed by atoms with van der Waals surface area (Å²) in [6.07, 6.45) is 0.403. The third-order valence-electron chi connectivity index (χ3n) is 5.65. The lowest BCUT2D eigenvalue weighted by molar-refractivity contribution is -0.120. The van der Waals surface area contributed by atoms with Crippen LogP contribution in [-0.2, 0) is 18.3 Å². The van der Waals surface area contributed by atoms with E-state index in [1.54, 1.807) is 0 Å². The van der Waals surface area contributed by atoms with Gasteiger partial charge in [-0.05, 0) is 32.9 Å². The third kappa shape index (κ3) is 4.69. The van der Waals surface area contributed by atoms with Gasteiger partial charge in [-0.3, -0.25) is 14.4 Å². The molecule has 1 aromatic carbocycles. The number of anilines is 1. The monoisotopic (exact) mass is 369 g/mol. The molecule has 6 nitrogen and oxygen atoms in total. The second-order valence-corrected chi connectivity index (χ2v) is 7.46. The van der Waals surface area contributed by atoms with Crippen molar-refractivity contribution in [3.05, 3.63) is 47.3 Å². The van der Waals surface area contributed by atoms with Gasteiger partial charge in [-0.15, -0.1) is 0 Å². The normalized spacial score (nSPS) is 16.4. The smallest absolute Gasteiger partial charge is 0.224 e. The van der Waals surface area contributed by atoms with Gasteiger partial charge < -0.3 is 10.2 Å². The zero-order valence-electron chi connectivity index (χ0n) is 16.9. The van der Waals surface area contributed by atoms with Crippen LogP contribution in [0.5, 0.6) is 0 Å². The van der Waals surface area contributed by atoms with Crippen LogP contribution in [-0.4, -0.2) is 59.4 Å². The maximum atomic E-state index is 12.4. The minimum atomic E-state index is 0.0731. The molecule has 27 heavy (non-hydrogen) atoms. The quantitative estimate of drug-likeness (QED) is 0.845. The standard InChI is InChI=1S/C21H31N5O/c1-16(15-22-21(27)14-20-17(2)23-24(4)18(20)3)25-10-12-26(13-11-25)19-8-6-5-7-9-19/h5-9,16H,10-15H2,1-4H3,(H,22,27).